The van der Waals surface area contributed by atoms with E-state index in [-0.39, 0.29) is 16.3 Å². The molecule has 26 heavy (non-hydrogen) atoms. The summed E-state index contributed by atoms with van der Waals surface area (Å²) in [5.74, 6) is 0.331. The van der Waals surface area contributed by atoms with Crippen LogP contribution >= 0.6 is 0 Å². The number of hydrogen-bond acceptors (Lipinski definition) is 3. The van der Waals surface area contributed by atoms with Gasteiger partial charge in [0, 0.05) is 23.4 Å². The minimum atomic E-state index is -1.16. The van der Waals surface area contributed by atoms with Crippen molar-refractivity contribution in [3.63, 3.8) is 0 Å². The normalized spacial score (nSPS) is 22.2. The Balaban J connectivity index is 2.05. The summed E-state index contributed by atoms with van der Waals surface area (Å²) in [5.41, 5.74) is 0.804. The van der Waals surface area contributed by atoms with Crippen molar-refractivity contribution in [1.82, 2.24) is 9.62 Å². The number of nitrogens with one attached hydrogen (secondary N) is 1. The minimum absolute atomic E-state index is 0.00162. The van der Waals surface area contributed by atoms with Gasteiger partial charge in [-0.25, -0.2) is 4.79 Å². The van der Waals surface area contributed by atoms with Crippen molar-refractivity contribution < 1.29 is 14.5 Å². The first-order valence-electron chi connectivity index (χ1n) is 9.24. The van der Waals surface area contributed by atoms with E-state index in [4.69, 9.17) is 0 Å². The molecule has 2 rings (SSSR count). The molecule has 0 bridgehead atoms. The predicted molar refractivity (Wildman–Crippen MR) is 106 cm³/mol. The minimum Gasteiger partial charge on any atom is -0.598 e. The largest absolute Gasteiger partial charge is 0.598 e. The molecule has 1 aliphatic heterocycles. The molecule has 1 amide bonds. The Bertz CT molecular complexity index is 601. The van der Waals surface area contributed by atoms with E-state index in [0.29, 0.717) is 12.5 Å². The quantitative estimate of drug-likeness (QED) is 0.720. The number of benzene rings is 1. The number of hydrogen-bond donors (Lipinski definition) is 2. The van der Waals surface area contributed by atoms with Crippen molar-refractivity contribution in [3.05, 3.63) is 35.9 Å². The Labute approximate surface area is 160 Å². The Hall–Kier alpha value is -1.24. The van der Waals surface area contributed by atoms with Gasteiger partial charge in [0.2, 0.25) is 0 Å². The van der Waals surface area contributed by atoms with Crippen molar-refractivity contribution >= 4 is 17.5 Å². The van der Waals surface area contributed by atoms with E-state index in [1.807, 2.05) is 52.8 Å². The van der Waals surface area contributed by atoms with Crippen LogP contribution in [0.25, 0.3) is 0 Å². The molecule has 0 radical (unpaired) electrons. The van der Waals surface area contributed by atoms with Crippen molar-refractivity contribution in [2.45, 2.75) is 70.2 Å². The van der Waals surface area contributed by atoms with Crippen LogP contribution in [0, 0.1) is 5.92 Å². The number of rotatable bonds is 6. The van der Waals surface area contributed by atoms with Crippen molar-refractivity contribution in [2.75, 3.05) is 6.54 Å². The molecule has 1 aliphatic rings. The van der Waals surface area contributed by atoms with E-state index in [1.165, 1.54) is 0 Å². The fraction of sp³-hybridized carbons (Fsp3) is 0.650. The highest BCUT2D eigenvalue weighted by molar-refractivity contribution is 7.90. The lowest BCUT2D eigenvalue weighted by molar-refractivity contribution is 0.117. The summed E-state index contributed by atoms with van der Waals surface area (Å²) in [7, 11) is 0. The van der Waals surface area contributed by atoms with Crippen LogP contribution in [-0.4, -0.2) is 37.5 Å². The van der Waals surface area contributed by atoms with E-state index in [1.54, 1.807) is 4.90 Å². The monoisotopic (exact) mass is 380 g/mol. The standard InChI is InChI=1S/C20H32N2O3S/c1-19(2,3)26(25)21-17(16-9-7-6-8-10-16)12-11-15-13-20(4,5)22(14-15)18(23)24/h6-10,15,17,21H,11-14H2,1-5H3,(H,23,24)/t15-,17?,26?/m0/s1. The predicted octanol–water partition coefficient (Wildman–Crippen LogP) is 4.34. The van der Waals surface area contributed by atoms with Crippen LogP contribution in [0.2, 0.25) is 0 Å². The van der Waals surface area contributed by atoms with Crippen LogP contribution in [0.5, 0.6) is 0 Å². The number of nitrogens with zero attached hydrogens (tertiary/aromatic N) is 1. The molecular formula is C20H32N2O3S. The van der Waals surface area contributed by atoms with Gasteiger partial charge in [0.15, 0.2) is 0 Å². The second-order valence-corrected chi connectivity index (χ2v) is 10.8. The summed E-state index contributed by atoms with van der Waals surface area (Å²) in [6, 6.07) is 10.1. The molecule has 0 spiro atoms. The first-order chi connectivity index (χ1) is 12.0. The van der Waals surface area contributed by atoms with Gasteiger partial charge in [-0.1, -0.05) is 30.3 Å². The van der Waals surface area contributed by atoms with Gasteiger partial charge in [-0.3, -0.25) is 0 Å². The third kappa shape index (κ3) is 5.38. The Morgan fingerprint density at radius 2 is 2.00 bits per heavy atom. The van der Waals surface area contributed by atoms with Crippen LogP contribution in [0.3, 0.4) is 0 Å². The summed E-state index contributed by atoms with van der Waals surface area (Å²) in [5, 5.41) is 9.40. The molecule has 5 nitrogen and oxygen atoms in total. The molecule has 0 aromatic heterocycles. The first-order valence-corrected chi connectivity index (χ1v) is 10.4. The number of likely N-dealkylation sites (tertiary alicyclic amines) is 1. The molecule has 146 valence electrons. The maximum absolute atomic E-state index is 12.6. The Morgan fingerprint density at radius 1 is 1.38 bits per heavy atom. The fourth-order valence-corrected chi connectivity index (χ4v) is 4.47. The first kappa shape index (κ1) is 21.1. The van der Waals surface area contributed by atoms with Crippen LogP contribution in [0.1, 0.15) is 65.5 Å². The highest BCUT2D eigenvalue weighted by atomic mass is 32.2. The molecule has 1 saturated heterocycles. The summed E-state index contributed by atoms with van der Waals surface area (Å²) in [6.45, 7) is 10.4. The van der Waals surface area contributed by atoms with Gasteiger partial charge in [-0.15, -0.1) is 4.72 Å². The Morgan fingerprint density at radius 3 is 2.50 bits per heavy atom. The average Bonchev–Trinajstić information content (AvgIpc) is 2.86. The highest BCUT2D eigenvalue weighted by Gasteiger charge is 2.41. The maximum Gasteiger partial charge on any atom is 0.407 e. The second-order valence-electron chi connectivity index (χ2n) is 8.82. The summed E-state index contributed by atoms with van der Waals surface area (Å²) in [6.07, 6.45) is 1.76. The molecule has 0 saturated carbocycles. The molecule has 1 fully saturated rings. The summed E-state index contributed by atoms with van der Waals surface area (Å²) < 4.78 is 15.6. The molecule has 0 aliphatic carbocycles. The third-order valence-electron chi connectivity index (χ3n) is 5.06. The molecule has 2 N–H and O–H groups in total. The second kappa shape index (κ2) is 8.19. The number of carbonyl (C=O) groups is 1. The van der Waals surface area contributed by atoms with E-state index in [9.17, 15) is 14.5 Å². The molecule has 1 heterocycles. The lowest BCUT2D eigenvalue weighted by Crippen LogP contribution is -2.41. The van der Waals surface area contributed by atoms with Gasteiger partial charge < -0.3 is 14.6 Å². The van der Waals surface area contributed by atoms with Crippen LogP contribution < -0.4 is 4.72 Å². The molecule has 6 heteroatoms. The smallest absolute Gasteiger partial charge is 0.407 e. The van der Waals surface area contributed by atoms with E-state index >= 15 is 0 Å². The molecule has 1 aromatic rings. The highest BCUT2D eigenvalue weighted by Crippen LogP contribution is 2.36. The summed E-state index contributed by atoms with van der Waals surface area (Å²) in [4.78, 5) is 13.0. The van der Waals surface area contributed by atoms with Crippen LogP contribution in [-0.2, 0) is 11.4 Å². The third-order valence-corrected chi connectivity index (χ3v) is 6.67. The average molecular weight is 381 g/mol. The topological polar surface area (TPSA) is 75.6 Å². The van der Waals surface area contributed by atoms with E-state index in [0.717, 1.165) is 24.8 Å². The zero-order chi connectivity index (χ0) is 19.5. The SMILES string of the molecule is CC1(C)C[C@H](CCC(N[S+]([O-])C(C)(C)C)c2ccccc2)CN1C(=O)O. The number of amides is 1. The van der Waals surface area contributed by atoms with Gasteiger partial charge in [0.1, 0.15) is 4.75 Å². The lowest BCUT2D eigenvalue weighted by atomic mass is 9.91. The van der Waals surface area contributed by atoms with Gasteiger partial charge in [-0.2, -0.15) is 0 Å². The van der Waals surface area contributed by atoms with Gasteiger partial charge >= 0.3 is 6.09 Å². The van der Waals surface area contributed by atoms with Crippen LogP contribution in [0.15, 0.2) is 30.3 Å². The molecular weight excluding hydrogens is 348 g/mol. The van der Waals surface area contributed by atoms with Crippen molar-refractivity contribution in [3.8, 4) is 0 Å². The summed E-state index contributed by atoms with van der Waals surface area (Å²) >= 11 is -1.16. The zero-order valence-electron chi connectivity index (χ0n) is 16.5. The van der Waals surface area contributed by atoms with Crippen LogP contribution in [0.4, 0.5) is 4.79 Å². The van der Waals surface area contributed by atoms with Gasteiger partial charge in [0.05, 0.1) is 6.04 Å². The van der Waals surface area contributed by atoms with Crippen molar-refractivity contribution in [2.24, 2.45) is 5.92 Å². The number of carboxylic acid groups (broad SMARTS) is 1. The lowest BCUT2D eigenvalue weighted by Gasteiger charge is -2.28. The molecule has 3 atom stereocenters. The van der Waals surface area contributed by atoms with E-state index in [2.05, 4.69) is 16.9 Å². The zero-order valence-corrected chi connectivity index (χ0v) is 17.3. The Kier molecular flexibility index (Phi) is 6.64. The molecule has 2 unspecified atom stereocenters. The van der Waals surface area contributed by atoms with Crippen molar-refractivity contribution in [1.29, 1.82) is 0 Å². The fourth-order valence-electron chi connectivity index (χ4n) is 3.60. The van der Waals surface area contributed by atoms with Gasteiger partial charge in [0.25, 0.3) is 0 Å². The maximum atomic E-state index is 12.6. The molecule has 1 aromatic carbocycles. The van der Waals surface area contributed by atoms with E-state index < -0.39 is 17.5 Å². The van der Waals surface area contributed by atoms with Gasteiger partial charge in [-0.05, 0) is 65.4 Å².